The van der Waals surface area contributed by atoms with Gasteiger partial charge in [0.2, 0.25) is 5.96 Å². The van der Waals surface area contributed by atoms with E-state index < -0.39 is 10.2 Å². The van der Waals surface area contributed by atoms with E-state index in [2.05, 4.69) is 9.71 Å². The zero-order valence-electron chi connectivity index (χ0n) is 11.4. The van der Waals surface area contributed by atoms with Gasteiger partial charge in [0, 0.05) is 18.7 Å². The fraction of sp³-hybridized carbons (Fsp3) is 0.333. The molecule has 110 valence electrons. The number of nitrogens with zero attached hydrogens (tertiary/aromatic N) is 2. The van der Waals surface area contributed by atoms with Gasteiger partial charge in [0.05, 0.1) is 0 Å². The highest BCUT2D eigenvalue weighted by molar-refractivity contribution is 7.87. The molecule has 0 atom stereocenters. The summed E-state index contributed by atoms with van der Waals surface area (Å²) in [5.41, 5.74) is 0.439. The van der Waals surface area contributed by atoms with E-state index in [4.69, 9.17) is 5.14 Å². The third-order valence-corrected chi connectivity index (χ3v) is 2.85. The zero-order chi connectivity index (χ0) is 15.2. The molecule has 1 amide bonds. The predicted octanol–water partition coefficient (Wildman–Crippen LogP) is 0.318. The number of aliphatic imine (C=N–C) groups is 1. The van der Waals surface area contributed by atoms with Crippen LogP contribution in [-0.4, -0.2) is 38.3 Å². The quantitative estimate of drug-likeness (QED) is 0.617. The number of rotatable bonds is 4. The molecule has 8 heteroatoms. The predicted molar refractivity (Wildman–Crippen MR) is 77.4 cm³/mol. The van der Waals surface area contributed by atoms with Crippen LogP contribution in [0.5, 0.6) is 0 Å². The molecule has 0 aliphatic rings. The second-order valence-corrected chi connectivity index (χ2v) is 5.15. The maximum atomic E-state index is 12.3. The first-order valence-corrected chi connectivity index (χ1v) is 7.65. The van der Waals surface area contributed by atoms with Crippen molar-refractivity contribution in [1.29, 1.82) is 0 Å². The average molecular weight is 298 g/mol. The average Bonchev–Trinajstić information content (AvgIpc) is 2.39. The molecule has 0 spiro atoms. The van der Waals surface area contributed by atoms with Crippen LogP contribution in [0, 0.1) is 0 Å². The lowest BCUT2D eigenvalue weighted by atomic mass is 10.2. The smallest absolute Gasteiger partial charge is 0.278 e. The van der Waals surface area contributed by atoms with Crippen molar-refractivity contribution in [1.82, 2.24) is 9.62 Å². The van der Waals surface area contributed by atoms with Crippen molar-refractivity contribution < 1.29 is 13.2 Å². The van der Waals surface area contributed by atoms with Crippen LogP contribution < -0.4 is 9.86 Å². The molecule has 0 radical (unpaired) electrons. The van der Waals surface area contributed by atoms with Crippen molar-refractivity contribution in [2.24, 2.45) is 10.1 Å². The molecule has 0 aliphatic carbocycles. The summed E-state index contributed by atoms with van der Waals surface area (Å²) in [4.78, 5) is 17.6. The van der Waals surface area contributed by atoms with Crippen molar-refractivity contribution in [2.45, 2.75) is 13.8 Å². The summed E-state index contributed by atoms with van der Waals surface area (Å²) in [6.45, 7) is 4.02. The number of carbonyl (C=O) groups is 1. The fourth-order valence-corrected chi connectivity index (χ4v) is 2.01. The van der Waals surface area contributed by atoms with E-state index in [0.29, 0.717) is 12.1 Å². The van der Waals surface area contributed by atoms with Crippen molar-refractivity contribution in [3.05, 3.63) is 35.9 Å². The Morgan fingerprint density at radius 2 is 1.90 bits per heavy atom. The van der Waals surface area contributed by atoms with Gasteiger partial charge in [-0.1, -0.05) is 18.2 Å². The van der Waals surface area contributed by atoms with E-state index in [1.54, 1.807) is 44.2 Å². The summed E-state index contributed by atoms with van der Waals surface area (Å²) in [6.07, 6.45) is 0. The molecule has 0 bridgehead atoms. The van der Waals surface area contributed by atoms with E-state index in [1.807, 2.05) is 0 Å². The van der Waals surface area contributed by atoms with Crippen molar-refractivity contribution in [3.63, 3.8) is 0 Å². The van der Waals surface area contributed by atoms with Gasteiger partial charge in [-0.2, -0.15) is 8.42 Å². The minimum atomic E-state index is -3.99. The minimum absolute atomic E-state index is 0.0775. The number of nitrogens with one attached hydrogen (secondary N) is 1. The Hall–Kier alpha value is -1.93. The third kappa shape index (κ3) is 4.63. The molecule has 1 rings (SSSR count). The SMILES string of the molecule is CCN=C(NS(N)(=O)=O)N(CC)C(=O)c1ccccc1. The standard InChI is InChI=1S/C12H18N4O3S/c1-3-14-12(15-20(13,18)19)16(4-2)11(17)10-8-6-5-7-9-10/h5-9H,3-4H2,1-2H3,(H,14,15)(H2,13,18,19). The lowest BCUT2D eigenvalue weighted by molar-refractivity contribution is 0.0850. The first kappa shape index (κ1) is 16.1. The Kier molecular flexibility index (Phi) is 5.66. The van der Waals surface area contributed by atoms with Crippen molar-refractivity contribution in [2.75, 3.05) is 13.1 Å². The Bertz CT molecular complexity index is 584. The van der Waals surface area contributed by atoms with Gasteiger partial charge in [-0.05, 0) is 26.0 Å². The number of carbonyl (C=O) groups excluding carboxylic acids is 1. The lowest BCUT2D eigenvalue weighted by Gasteiger charge is -2.22. The van der Waals surface area contributed by atoms with Gasteiger partial charge >= 0.3 is 0 Å². The summed E-state index contributed by atoms with van der Waals surface area (Å²) in [5, 5.41) is 4.94. The first-order valence-electron chi connectivity index (χ1n) is 6.11. The van der Waals surface area contributed by atoms with Crippen LogP contribution in [0.1, 0.15) is 24.2 Å². The zero-order valence-corrected chi connectivity index (χ0v) is 12.2. The molecule has 20 heavy (non-hydrogen) atoms. The summed E-state index contributed by atoms with van der Waals surface area (Å²) < 4.78 is 24.4. The number of hydrogen-bond acceptors (Lipinski definition) is 4. The van der Waals surface area contributed by atoms with Crippen LogP contribution in [0.15, 0.2) is 35.3 Å². The first-order chi connectivity index (χ1) is 9.39. The molecular formula is C12H18N4O3S. The van der Waals surface area contributed by atoms with E-state index in [9.17, 15) is 13.2 Å². The van der Waals surface area contributed by atoms with E-state index in [0.717, 1.165) is 0 Å². The maximum absolute atomic E-state index is 12.3. The number of amides is 1. The molecule has 0 saturated heterocycles. The summed E-state index contributed by atoms with van der Waals surface area (Å²) in [5.74, 6) is -0.428. The Morgan fingerprint density at radius 3 is 2.35 bits per heavy atom. The van der Waals surface area contributed by atoms with E-state index >= 15 is 0 Å². The van der Waals surface area contributed by atoms with E-state index in [1.165, 1.54) is 4.90 Å². The normalized spacial score (nSPS) is 12.1. The van der Waals surface area contributed by atoms with Crippen LogP contribution in [0.2, 0.25) is 0 Å². The molecule has 1 aromatic rings. The van der Waals surface area contributed by atoms with Gasteiger partial charge in [0.25, 0.3) is 16.1 Å². The second kappa shape index (κ2) is 7.01. The maximum Gasteiger partial charge on any atom is 0.298 e. The highest BCUT2D eigenvalue weighted by atomic mass is 32.2. The topological polar surface area (TPSA) is 105 Å². The van der Waals surface area contributed by atoms with Gasteiger partial charge in [-0.3, -0.25) is 14.7 Å². The fourth-order valence-electron chi connectivity index (χ4n) is 1.58. The molecule has 0 aliphatic heterocycles. The molecule has 0 fully saturated rings. The Morgan fingerprint density at radius 1 is 1.30 bits per heavy atom. The van der Waals surface area contributed by atoms with Crippen molar-refractivity contribution in [3.8, 4) is 0 Å². The Labute approximate surface area is 118 Å². The number of hydrogen-bond donors (Lipinski definition) is 2. The summed E-state index contributed by atoms with van der Waals surface area (Å²) in [7, 11) is -3.99. The molecule has 3 N–H and O–H groups in total. The minimum Gasteiger partial charge on any atom is -0.278 e. The van der Waals surface area contributed by atoms with Crippen molar-refractivity contribution >= 4 is 22.1 Å². The monoisotopic (exact) mass is 298 g/mol. The van der Waals surface area contributed by atoms with Gasteiger partial charge in [-0.25, -0.2) is 9.86 Å². The summed E-state index contributed by atoms with van der Waals surface area (Å²) in [6, 6.07) is 8.53. The number of guanidine groups is 1. The third-order valence-electron chi connectivity index (χ3n) is 2.38. The van der Waals surface area contributed by atoms with E-state index in [-0.39, 0.29) is 18.4 Å². The molecule has 0 unspecified atom stereocenters. The molecule has 0 saturated carbocycles. The molecule has 0 heterocycles. The van der Waals surface area contributed by atoms with Gasteiger partial charge in [0.1, 0.15) is 0 Å². The van der Waals surface area contributed by atoms with Gasteiger partial charge in [-0.15, -0.1) is 0 Å². The number of nitrogens with two attached hydrogens (primary N) is 1. The van der Waals surface area contributed by atoms with Crippen LogP contribution in [-0.2, 0) is 10.2 Å². The molecular weight excluding hydrogens is 280 g/mol. The largest absolute Gasteiger partial charge is 0.298 e. The molecule has 0 aromatic heterocycles. The van der Waals surface area contributed by atoms with Crippen LogP contribution >= 0.6 is 0 Å². The summed E-state index contributed by atoms with van der Waals surface area (Å²) >= 11 is 0. The molecule has 7 nitrogen and oxygen atoms in total. The van der Waals surface area contributed by atoms with Crippen LogP contribution in [0.3, 0.4) is 0 Å². The lowest BCUT2D eigenvalue weighted by Crippen LogP contribution is -2.49. The highest BCUT2D eigenvalue weighted by Gasteiger charge is 2.21. The van der Waals surface area contributed by atoms with Gasteiger partial charge in [0.15, 0.2) is 0 Å². The second-order valence-electron chi connectivity index (χ2n) is 3.86. The van der Waals surface area contributed by atoms with Crippen LogP contribution in [0.25, 0.3) is 0 Å². The number of benzene rings is 1. The van der Waals surface area contributed by atoms with Gasteiger partial charge < -0.3 is 0 Å². The highest BCUT2D eigenvalue weighted by Crippen LogP contribution is 2.05. The van der Waals surface area contributed by atoms with Crippen LogP contribution in [0.4, 0.5) is 0 Å². The molecule has 1 aromatic carbocycles. The Balaban J connectivity index is 3.09.